The van der Waals surface area contributed by atoms with E-state index in [1.807, 2.05) is 48.5 Å². The molecule has 1 N–H and O–H groups in total. The Labute approximate surface area is 202 Å². The number of aromatic nitrogens is 4. The van der Waals surface area contributed by atoms with Gasteiger partial charge in [-0.05, 0) is 53.5 Å². The van der Waals surface area contributed by atoms with Crippen molar-refractivity contribution in [1.82, 2.24) is 19.4 Å². The first kappa shape index (κ1) is 22.1. The van der Waals surface area contributed by atoms with Crippen LogP contribution in [-0.2, 0) is 5.41 Å². The van der Waals surface area contributed by atoms with Gasteiger partial charge < -0.3 is 9.72 Å². The molecule has 0 saturated carbocycles. The fraction of sp³-hybridized carbons (Fsp3) is 0.143. The van der Waals surface area contributed by atoms with Crippen LogP contribution < -0.4 is 10.3 Å². The molecule has 3 heterocycles. The van der Waals surface area contributed by atoms with Crippen LogP contribution >= 0.6 is 0 Å². The molecule has 172 valence electrons. The molecule has 0 bridgehead atoms. The van der Waals surface area contributed by atoms with Crippen molar-refractivity contribution >= 4 is 28.3 Å². The summed E-state index contributed by atoms with van der Waals surface area (Å²) in [4.78, 5) is 25.7. The van der Waals surface area contributed by atoms with Crippen molar-refractivity contribution in [2.45, 2.75) is 26.2 Å². The monoisotopic (exact) mass is 461 g/mol. The summed E-state index contributed by atoms with van der Waals surface area (Å²) in [6.07, 6.45) is 3.11. The van der Waals surface area contributed by atoms with Crippen LogP contribution in [0.5, 0.6) is 11.6 Å². The summed E-state index contributed by atoms with van der Waals surface area (Å²) in [6.45, 7) is 6.41. The van der Waals surface area contributed by atoms with Crippen LogP contribution in [0.3, 0.4) is 0 Å². The van der Waals surface area contributed by atoms with E-state index in [1.165, 1.54) is 10.5 Å². The number of rotatable bonds is 4. The van der Waals surface area contributed by atoms with Crippen molar-refractivity contribution in [3.05, 3.63) is 100 Å². The van der Waals surface area contributed by atoms with Gasteiger partial charge in [0.15, 0.2) is 0 Å². The minimum atomic E-state index is -0.347. The summed E-state index contributed by atoms with van der Waals surface area (Å²) in [5.41, 5.74) is 3.14. The Morgan fingerprint density at radius 3 is 2.49 bits per heavy atom. The number of hydrogen-bond acceptors (Lipinski definition) is 5. The highest BCUT2D eigenvalue weighted by Crippen LogP contribution is 2.29. The molecule has 7 heteroatoms. The SMILES string of the molecule is CC(C)(C)c1ccc(Oc2nc3ccccn3c(=O)c2/C=C(\C#N)c2nc3ccccc3[nH]2)cc1. The van der Waals surface area contributed by atoms with E-state index >= 15 is 0 Å². The first-order chi connectivity index (χ1) is 16.8. The molecule has 0 amide bonds. The lowest BCUT2D eigenvalue weighted by atomic mass is 9.87. The molecule has 3 aromatic heterocycles. The third-order valence-electron chi connectivity index (χ3n) is 5.72. The number of pyridine rings is 1. The molecule has 0 atom stereocenters. The highest BCUT2D eigenvalue weighted by molar-refractivity contribution is 5.91. The lowest BCUT2D eigenvalue weighted by Crippen LogP contribution is -2.18. The lowest BCUT2D eigenvalue weighted by Gasteiger charge is -2.19. The molecule has 0 unspecified atom stereocenters. The minimum absolute atomic E-state index is 0.000729. The minimum Gasteiger partial charge on any atom is -0.438 e. The number of hydrogen-bond donors (Lipinski definition) is 1. The van der Waals surface area contributed by atoms with Gasteiger partial charge in [-0.2, -0.15) is 10.2 Å². The van der Waals surface area contributed by atoms with Crippen LogP contribution in [0.2, 0.25) is 0 Å². The third-order valence-corrected chi connectivity index (χ3v) is 5.72. The summed E-state index contributed by atoms with van der Waals surface area (Å²) < 4.78 is 7.52. The molecule has 0 spiro atoms. The van der Waals surface area contributed by atoms with Crippen molar-refractivity contribution < 1.29 is 4.74 Å². The molecule has 35 heavy (non-hydrogen) atoms. The second-order valence-electron chi connectivity index (χ2n) is 9.21. The topological polar surface area (TPSA) is 96.1 Å². The maximum absolute atomic E-state index is 13.4. The smallest absolute Gasteiger partial charge is 0.269 e. The molecule has 0 aliphatic rings. The molecule has 0 radical (unpaired) electrons. The zero-order chi connectivity index (χ0) is 24.6. The summed E-state index contributed by atoms with van der Waals surface area (Å²) in [7, 11) is 0. The number of allylic oxidation sites excluding steroid dienone is 1. The maximum Gasteiger partial charge on any atom is 0.269 e. The van der Waals surface area contributed by atoms with Crippen LogP contribution in [0.1, 0.15) is 37.7 Å². The van der Waals surface area contributed by atoms with Gasteiger partial charge in [-0.1, -0.05) is 51.1 Å². The Bertz CT molecular complexity index is 1650. The van der Waals surface area contributed by atoms with Crippen molar-refractivity contribution in [1.29, 1.82) is 5.26 Å². The summed E-state index contributed by atoms with van der Waals surface area (Å²) >= 11 is 0. The number of imidazole rings is 1. The van der Waals surface area contributed by atoms with Gasteiger partial charge >= 0.3 is 0 Å². The van der Waals surface area contributed by atoms with E-state index in [9.17, 15) is 10.1 Å². The van der Waals surface area contributed by atoms with Gasteiger partial charge in [0.2, 0.25) is 5.88 Å². The fourth-order valence-corrected chi connectivity index (χ4v) is 3.80. The average molecular weight is 462 g/mol. The molecular formula is C28H23N5O2. The van der Waals surface area contributed by atoms with E-state index in [2.05, 4.69) is 41.8 Å². The second kappa shape index (κ2) is 8.58. The molecule has 7 nitrogen and oxygen atoms in total. The zero-order valence-electron chi connectivity index (χ0n) is 19.6. The van der Waals surface area contributed by atoms with Gasteiger partial charge in [0.1, 0.15) is 28.9 Å². The Kier molecular flexibility index (Phi) is 5.42. The Balaban J connectivity index is 1.64. The van der Waals surface area contributed by atoms with Crippen LogP contribution in [0.4, 0.5) is 0 Å². The van der Waals surface area contributed by atoms with Crippen molar-refractivity contribution in [3.63, 3.8) is 0 Å². The first-order valence-electron chi connectivity index (χ1n) is 11.2. The van der Waals surface area contributed by atoms with Gasteiger partial charge in [-0.15, -0.1) is 0 Å². The van der Waals surface area contributed by atoms with E-state index in [0.717, 1.165) is 16.6 Å². The Morgan fingerprint density at radius 2 is 1.77 bits per heavy atom. The number of aromatic amines is 1. The number of nitriles is 1. The number of nitrogens with one attached hydrogen (secondary N) is 1. The molecule has 0 aliphatic heterocycles. The van der Waals surface area contributed by atoms with Crippen molar-refractivity contribution in [2.24, 2.45) is 0 Å². The van der Waals surface area contributed by atoms with Crippen LogP contribution in [0.15, 0.2) is 77.7 Å². The summed E-state index contributed by atoms with van der Waals surface area (Å²) in [5, 5.41) is 9.91. The van der Waals surface area contributed by atoms with Gasteiger partial charge in [0.05, 0.1) is 16.6 Å². The summed E-state index contributed by atoms with van der Waals surface area (Å²) in [5.74, 6) is 1.03. The van der Waals surface area contributed by atoms with Crippen molar-refractivity contribution in [3.8, 4) is 17.7 Å². The van der Waals surface area contributed by atoms with E-state index in [0.29, 0.717) is 17.2 Å². The first-order valence-corrected chi connectivity index (χ1v) is 11.2. The zero-order valence-corrected chi connectivity index (χ0v) is 19.6. The van der Waals surface area contributed by atoms with Gasteiger partial charge in [0.25, 0.3) is 5.56 Å². The van der Waals surface area contributed by atoms with Gasteiger partial charge in [-0.3, -0.25) is 9.20 Å². The van der Waals surface area contributed by atoms with E-state index in [1.54, 1.807) is 24.4 Å². The van der Waals surface area contributed by atoms with Crippen LogP contribution in [0.25, 0.3) is 28.3 Å². The number of H-pyrrole nitrogens is 1. The molecule has 0 fully saturated rings. The maximum atomic E-state index is 13.4. The van der Waals surface area contributed by atoms with Crippen LogP contribution in [-0.4, -0.2) is 19.4 Å². The molecule has 0 saturated heterocycles. The quantitative estimate of drug-likeness (QED) is 0.345. The Hall–Kier alpha value is -4.70. The molecule has 0 aliphatic carbocycles. The molecule has 5 aromatic rings. The Morgan fingerprint density at radius 1 is 1.03 bits per heavy atom. The third kappa shape index (κ3) is 4.30. The largest absolute Gasteiger partial charge is 0.438 e. The second-order valence-corrected chi connectivity index (χ2v) is 9.21. The molecule has 5 rings (SSSR count). The van der Waals surface area contributed by atoms with E-state index in [4.69, 9.17) is 4.74 Å². The lowest BCUT2D eigenvalue weighted by molar-refractivity contribution is 0.460. The van der Waals surface area contributed by atoms with E-state index in [-0.39, 0.29) is 28.0 Å². The van der Waals surface area contributed by atoms with E-state index < -0.39 is 0 Å². The number of nitrogens with zero attached hydrogens (tertiary/aromatic N) is 4. The number of ether oxygens (including phenoxy) is 1. The van der Waals surface area contributed by atoms with Crippen LogP contribution in [0, 0.1) is 11.3 Å². The molecular weight excluding hydrogens is 438 g/mol. The van der Waals surface area contributed by atoms with Gasteiger partial charge in [-0.25, -0.2) is 4.98 Å². The highest BCUT2D eigenvalue weighted by atomic mass is 16.5. The highest BCUT2D eigenvalue weighted by Gasteiger charge is 2.18. The predicted molar refractivity (Wildman–Crippen MR) is 136 cm³/mol. The number of fused-ring (bicyclic) bond motifs is 2. The normalized spacial score (nSPS) is 12.1. The van der Waals surface area contributed by atoms with Gasteiger partial charge in [0, 0.05) is 6.20 Å². The number of benzene rings is 2. The average Bonchev–Trinajstić information content (AvgIpc) is 3.28. The number of para-hydroxylation sites is 2. The predicted octanol–water partition coefficient (Wildman–Crippen LogP) is 5.72. The van der Waals surface area contributed by atoms with Crippen molar-refractivity contribution in [2.75, 3.05) is 0 Å². The summed E-state index contributed by atoms with van der Waals surface area (Å²) in [6, 6.07) is 22.6. The molecule has 2 aromatic carbocycles. The standard InChI is InChI=1S/C28H23N5O2/c1-28(2,3)19-11-13-20(14-12-19)35-26-21(27(34)33-15-7-6-10-24(33)32-26)16-18(17-29)25-30-22-8-4-5-9-23(22)31-25/h4-16H,1-3H3,(H,30,31)/b18-16+. The fourth-order valence-electron chi connectivity index (χ4n) is 3.80.